The van der Waals surface area contributed by atoms with Crippen molar-refractivity contribution >= 4 is 52.5 Å². The third-order valence-corrected chi connectivity index (χ3v) is 6.92. The number of carbonyl (C=O) groups excluding carboxylic acids is 2. The minimum atomic E-state index is -1.71. The van der Waals surface area contributed by atoms with E-state index in [-0.39, 0.29) is 18.6 Å². The Hall–Kier alpha value is -2.70. The molecule has 2 heterocycles. The van der Waals surface area contributed by atoms with Gasteiger partial charge in [-0.1, -0.05) is 91.1 Å². The first-order valence-electron chi connectivity index (χ1n) is 13.1. The van der Waals surface area contributed by atoms with Crippen LogP contribution in [0.15, 0.2) is 54.6 Å². The number of nitrogens with one attached hydrogen (secondary N) is 1. The third-order valence-electron chi connectivity index (χ3n) is 6.59. The SMILES string of the molecule is CC.N#Cc1ccccc1N1CCN(C(=O)[C@@H]2C[C@H](N(Cc3ccccc3)C(=O)OCC(Cl)(Cl)Cl)CN2)CC1. The van der Waals surface area contributed by atoms with Gasteiger partial charge >= 0.3 is 6.09 Å². The number of ether oxygens (including phenoxy) is 1. The van der Waals surface area contributed by atoms with Crippen LogP contribution in [-0.4, -0.2) is 77.0 Å². The van der Waals surface area contributed by atoms with Gasteiger partial charge in [-0.15, -0.1) is 0 Å². The summed E-state index contributed by atoms with van der Waals surface area (Å²) in [6.07, 6.45) is -0.147. The predicted molar refractivity (Wildman–Crippen MR) is 155 cm³/mol. The van der Waals surface area contributed by atoms with Crippen LogP contribution in [0.25, 0.3) is 0 Å². The number of nitriles is 1. The second-order valence-electron chi connectivity index (χ2n) is 9.07. The summed E-state index contributed by atoms with van der Waals surface area (Å²) in [7, 11) is 0. The first kappa shape index (κ1) is 30.8. The molecule has 2 fully saturated rings. The second-order valence-corrected chi connectivity index (χ2v) is 11.6. The zero-order valence-electron chi connectivity index (χ0n) is 22.2. The van der Waals surface area contributed by atoms with Crippen LogP contribution in [-0.2, 0) is 16.1 Å². The summed E-state index contributed by atoms with van der Waals surface area (Å²) in [4.78, 5) is 31.8. The molecule has 0 unspecified atom stereocenters. The Morgan fingerprint density at radius 1 is 1.05 bits per heavy atom. The highest BCUT2D eigenvalue weighted by molar-refractivity contribution is 6.67. The Kier molecular flexibility index (Phi) is 11.6. The molecule has 0 aliphatic carbocycles. The average molecular weight is 595 g/mol. The van der Waals surface area contributed by atoms with E-state index in [1.807, 2.05) is 67.3 Å². The molecule has 0 saturated carbocycles. The topological polar surface area (TPSA) is 88.9 Å². The molecular formula is C28H34Cl3N5O3. The van der Waals surface area contributed by atoms with Crippen molar-refractivity contribution in [3.05, 3.63) is 65.7 Å². The van der Waals surface area contributed by atoms with Gasteiger partial charge in [0.2, 0.25) is 9.70 Å². The van der Waals surface area contributed by atoms with Crippen LogP contribution in [0.4, 0.5) is 10.5 Å². The fraction of sp³-hybridized carbons (Fsp3) is 0.464. The molecule has 0 bridgehead atoms. The van der Waals surface area contributed by atoms with E-state index in [4.69, 9.17) is 39.5 Å². The number of anilines is 1. The smallest absolute Gasteiger partial charge is 0.410 e. The van der Waals surface area contributed by atoms with E-state index in [9.17, 15) is 14.9 Å². The van der Waals surface area contributed by atoms with Crippen LogP contribution in [0.2, 0.25) is 0 Å². The molecule has 210 valence electrons. The predicted octanol–water partition coefficient (Wildman–Crippen LogP) is 4.97. The molecular weight excluding hydrogens is 561 g/mol. The first-order valence-corrected chi connectivity index (χ1v) is 14.2. The number of hydrogen-bond acceptors (Lipinski definition) is 6. The number of carbonyl (C=O) groups is 2. The van der Waals surface area contributed by atoms with Crippen LogP contribution in [0, 0.1) is 11.3 Å². The molecule has 2 saturated heterocycles. The molecule has 0 spiro atoms. The Bertz CT molecular complexity index is 1130. The highest BCUT2D eigenvalue weighted by Crippen LogP contribution is 2.27. The quantitative estimate of drug-likeness (QED) is 0.475. The maximum Gasteiger partial charge on any atom is 0.410 e. The van der Waals surface area contributed by atoms with E-state index < -0.39 is 15.9 Å². The maximum atomic E-state index is 13.3. The Morgan fingerprint density at radius 3 is 2.33 bits per heavy atom. The zero-order chi connectivity index (χ0) is 28.4. The lowest BCUT2D eigenvalue weighted by Gasteiger charge is -2.37. The number of para-hydroxylation sites is 1. The van der Waals surface area contributed by atoms with Crippen LogP contribution in [0.5, 0.6) is 0 Å². The van der Waals surface area contributed by atoms with Gasteiger partial charge in [0.15, 0.2) is 0 Å². The Labute approximate surface area is 245 Å². The van der Waals surface area contributed by atoms with Gasteiger partial charge in [-0.05, 0) is 24.1 Å². The van der Waals surface area contributed by atoms with E-state index >= 15 is 0 Å². The molecule has 11 heteroatoms. The van der Waals surface area contributed by atoms with Crippen LogP contribution < -0.4 is 10.2 Å². The average Bonchev–Trinajstić information content (AvgIpc) is 3.45. The zero-order valence-corrected chi connectivity index (χ0v) is 24.4. The number of halogens is 3. The maximum absolute atomic E-state index is 13.3. The van der Waals surface area contributed by atoms with Crippen LogP contribution >= 0.6 is 34.8 Å². The number of rotatable bonds is 6. The van der Waals surface area contributed by atoms with Gasteiger partial charge in [-0.2, -0.15) is 5.26 Å². The van der Waals surface area contributed by atoms with Crippen molar-refractivity contribution in [1.82, 2.24) is 15.1 Å². The Morgan fingerprint density at radius 2 is 1.69 bits per heavy atom. The first-order chi connectivity index (χ1) is 18.7. The van der Waals surface area contributed by atoms with E-state index in [0.717, 1.165) is 11.3 Å². The van der Waals surface area contributed by atoms with Crippen molar-refractivity contribution in [2.24, 2.45) is 0 Å². The van der Waals surface area contributed by atoms with Crippen molar-refractivity contribution < 1.29 is 14.3 Å². The molecule has 8 nitrogen and oxygen atoms in total. The molecule has 2 amide bonds. The standard InChI is InChI=1S/C26H28Cl3N5O3.C2H6/c27-26(28,29)18-37-25(36)34(17-19-6-2-1-3-7-19)21-14-22(31-16-21)24(35)33-12-10-32(11-13-33)23-9-5-4-8-20(23)15-30;1-2/h1-9,21-22,31H,10-14,16-18H2;1-2H3/t21-,22-;/m0./s1. The van der Waals surface area contributed by atoms with Crippen molar-refractivity contribution in [2.45, 2.75) is 42.7 Å². The van der Waals surface area contributed by atoms with E-state index in [0.29, 0.717) is 51.3 Å². The highest BCUT2D eigenvalue weighted by atomic mass is 35.6. The minimum absolute atomic E-state index is 0.00467. The van der Waals surface area contributed by atoms with Gasteiger partial charge in [0.25, 0.3) is 0 Å². The van der Waals surface area contributed by atoms with E-state index in [1.54, 1.807) is 11.0 Å². The molecule has 0 aromatic heterocycles. The molecule has 2 aromatic carbocycles. The van der Waals surface area contributed by atoms with Crippen LogP contribution in [0.3, 0.4) is 0 Å². The lowest BCUT2D eigenvalue weighted by molar-refractivity contribution is -0.133. The van der Waals surface area contributed by atoms with Gasteiger partial charge in [0, 0.05) is 45.3 Å². The summed E-state index contributed by atoms with van der Waals surface area (Å²) in [6.45, 7) is 6.78. The molecule has 39 heavy (non-hydrogen) atoms. The van der Waals surface area contributed by atoms with E-state index in [1.165, 1.54) is 0 Å². The largest absolute Gasteiger partial charge is 0.445 e. The number of benzene rings is 2. The summed E-state index contributed by atoms with van der Waals surface area (Å²) in [6, 6.07) is 18.6. The molecule has 2 aliphatic heterocycles. The van der Waals surface area contributed by atoms with Gasteiger partial charge < -0.3 is 19.9 Å². The molecule has 2 aliphatic rings. The fourth-order valence-electron chi connectivity index (χ4n) is 4.72. The van der Waals surface area contributed by atoms with Gasteiger partial charge in [0.1, 0.15) is 12.7 Å². The van der Waals surface area contributed by atoms with Crippen molar-refractivity contribution in [2.75, 3.05) is 44.2 Å². The molecule has 4 rings (SSSR count). The molecule has 2 atom stereocenters. The number of amides is 2. The van der Waals surface area contributed by atoms with Gasteiger partial charge in [-0.3, -0.25) is 9.69 Å². The second kappa shape index (κ2) is 14.6. The van der Waals surface area contributed by atoms with Crippen molar-refractivity contribution in [1.29, 1.82) is 5.26 Å². The van der Waals surface area contributed by atoms with E-state index in [2.05, 4.69) is 16.3 Å². The Balaban J connectivity index is 0.00000205. The minimum Gasteiger partial charge on any atom is -0.445 e. The number of alkyl halides is 3. The monoisotopic (exact) mass is 593 g/mol. The van der Waals surface area contributed by atoms with Crippen molar-refractivity contribution in [3.63, 3.8) is 0 Å². The molecule has 0 radical (unpaired) electrons. The lowest BCUT2D eigenvalue weighted by Crippen LogP contribution is -2.53. The molecule has 2 aromatic rings. The molecule has 1 N–H and O–H groups in total. The van der Waals surface area contributed by atoms with Gasteiger partial charge in [0.05, 0.1) is 17.3 Å². The number of hydrogen-bond donors (Lipinski definition) is 1. The van der Waals surface area contributed by atoms with Crippen LogP contribution in [0.1, 0.15) is 31.4 Å². The van der Waals surface area contributed by atoms with Crippen molar-refractivity contribution in [3.8, 4) is 6.07 Å². The fourth-order valence-corrected chi connectivity index (χ4v) is 4.89. The summed E-state index contributed by atoms with van der Waals surface area (Å²) < 4.78 is 3.57. The number of nitrogens with zero attached hydrogens (tertiary/aromatic N) is 4. The third kappa shape index (κ3) is 8.64. The summed E-state index contributed by atoms with van der Waals surface area (Å²) in [5.74, 6) is 0.00467. The normalized spacial score (nSPS) is 19.0. The summed E-state index contributed by atoms with van der Waals surface area (Å²) >= 11 is 17.3. The number of piperazine rings is 1. The van der Waals surface area contributed by atoms with Gasteiger partial charge in [-0.25, -0.2) is 4.79 Å². The lowest BCUT2D eigenvalue weighted by atomic mass is 10.1. The summed E-state index contributed by atoms with van der Waals surface area (Å²) in [5, 5.41) is 12.7. The highest BCUT2D eigenvalue weighted by Gasteiger charge is 2.38. The summed E-state index contributed by atoms with van der Waals surface area (Å²) in [5.41, 5.74) is 2.45.